The minimum atomic E-state index is -4.04. The van der Waals surface area contributed by atoms with E-state index in [-0.39, 0.29) is 24.2 Å². The summed E-state index contributed by atoms with van der Waals surface area (Å²) in [6.07, 6.45) is 3.32. The fraction of sp³-hybridized carbons (Fsp3) is 0.625. The van der Waals surface area contributed by atoms with Crippen molar-refractivity contribution in [1.82, 2.24) is 5.32 Å². The Labute approximate surface area is 116 Å². The highest BCUT2D eigenvalue weighted by molar-refractivity contribution is 5.52. The van der Waals surface area contributed by atoms with Crippen molar-refractivity contribution in [2.75, 3.05) is 0 Å². The van der Waals surface area contributed by atoms with Gasteiger partial charge in [0.25, 0.3) is 0 Å². The lowest BCUT2D eigenvalue weighted by Gasteiger charge is -2.47. The molecule has 0 radical (unpaired) electrons. The summed E-state index contributed by atoms with van der Waals surface area (Å²) in [4.78, 5) is 0. The zero-order valence-electron chi connectivity index (χ0n) is 11.5. The summed E-state index contributed by atoms with van der Waals surface area (Å²) >= 11 is 0. The monoisotopic (exact) mass is 281 g/mol. The van der Waals surface area contributed by atoms with Crippen molar-refractivity contribution in [3.63, 3.8) is 0 Å². The molecule has 1 unspecified atom stereocenters. The van der Waals surface area contributed by atoms with E-state index >= 15 is 0 Å². The van der Waals surface area contributed by atoms with E-state index in [9.17, 15) is 13.2 Å². The largest absolute Gasteiger partial charge is 0.392 e. The second-order valence-electron chi connectivity index (χ2n) is 6.80. The van der Waals surface area contributed by atoms with E-state index in [1.54, 1.807) is 0 Å². The summed E-state index contributed by atoms with van der Waals surface area (Å²) in [5.41, 5.74) is 5.20. The molecule has 0 bridgehead atoms. The lowest BCUT2D eigenvalue weighted by atomic mass is 9.58. The molecule has 20 heavy (non-hydrogen) atoms. The molecule has 1 heterocycles. The Morgan fingerprint density at radius 3 is 2.90 bits per heavy atom. The van der Waals surface area contributed by atoms with E-state index in [2.05, 4.69) is 18.3 Å². The summed E-state index contributed by atoms with van der Waals surface area (Å²) in [6, 6.07) is 0. The Bertz CT molecular complexity index is 567. The minimum Gasteiger partial charge on any atom is -0.356 e. The van der Waals surface area contributed by atoms with E-state index in [1.807, 2.05) is 6.08 Å². The second-order valence-corrected chi connectivity index (χ2v) is 6.80. The highest BCUT2D eigenvalue weighted by Gasteiger charge is 2.50. The van der Waals surface area contributed by atoms with Crippen molar-refractivity contribution < 1.29 is 13.2 Å². The van der Waals surface area contributed by atoms with Crippen LogP contribution in [-0.2, 0) is 0 Å². The second kappa shape index (κ2) is 3.71. The van der Waals surface area contributed by atoms with Crippen LogP contribution in [0.25, 0.3) is 0 Å². The normalized spacial score (nSPS) is 39.0. The van der Waals surface area contributed by atoms with Gasteiger partial charge in [-0.15, -0.1) is 0 Å². The standard InChI is InChI=1S/C16H18F3N/c1-15-8-14-13(20-14)7-10(15)3-2-9-6-11(16(17,18)19)4-5-12(9)15/h5,7,9,11,20H,2-4,6,8H2,1H3/t9?,11-,15+/m1/s1. The third kappa shape index (κ3) is 1.69. The number of alkyl halides is 3. The maximum Gasteiger partial charge on any atom is 0.392 e. The molecule has 0 amide bonds. The molecule has 0 aromatic rings. The summed E-state index contributed by atoms with van der Waals surface area (Å²) in [5, 5.41) is 3.29. The van der Waals surface area contributed by atoms with Gasteiger partial charge in [-0.3, -0.25) is 0 Å². The molecule has 3 aliphatic carbocycles. The number of rotatable bonds is 0. The van der Waals surface area contributed by atoms with E-state index in [1.165, 1.54) is 22.5 Å². The van der Waals surface area contributed by atoms with Gasteiger partial charge < -0.3 is 5.32 Å². The molecule has 4 aliphatic rings. The van der Waals surface area contributed by atoms with Gasteiger partial charge in [-0.2, -0.15) is 13.2 Å². The molecule has 0 saturated heterocycles. The maximum atomic E-state index is 12.9. The average Bonchev–Trinajstić information content (AvgIpc) is 3.11. The smallest absolute Gasteiger partial charge is 0.356 e. The van der Waals surface area contributed by atoms with Crippen molar-refractivity contribution in [3.05, 3.63) is 34.7 Å². The molecule has 4 rings (SSSR count). The van der Waals surface area contributed by atoms with Crippen LogP contribution in [0, 0.1) is 17.3 Å². The lowest BCUT2D eigenvalue weighted by Crippen LogP contribution is -2.37. The Kier molecular flexibility index (Phi) is 2.33. The Balaban J connectivity index is 1.67. The molecular formula is C16H18F3N. The number of halogens is 3. The van der Waals surface area contributed by atoms with Crippen LogP contribution in [0.3, 0.4) is 0 Å². The van der Waals surface area contributed by atoms with E-state index in [4.69, 9.17) is 0 Å². The minimum absolute atomic E-state index is 0.0260. The fourth-order valence-electron chi connectivity index (χ4n) is 4.38. The van der Waals surface area contributed by atoms with Gasteiger partial charge in [-0.05, 0) is 37.7 Å². The van der Waals surface area contributed by atoms with Gasteiger partial charge in [-0.1, -0.05) is 24.1 Å². The van der Waals surface area contributed by atoms with Gasteiger partial charge in [0.05, 0.1) is 11.6 Å². The topological polar surface area (TPSA) is 21.9 Å². The summed E-state index contributed by atoms with van der Waals surface area (Å²) < 4.78 is 38.8. The molecule has 108 valence electrons. The Morgan fingerprint density at radius 2 is 2.15 bits per heavy atom. The molecule has 0 aromatic carbocycles. The van der Waals surface area contributed by atoms with Gasteiger partial charge >= 0.3 is 6.18 Å². The number of fused-ring (bicyclic) bond motifs is 3. The first kappa shape index (κ1) is 12.5. The Hall–Kier alpha value is -1.19. The molecule has 1 aliphatic heterocycles. The van der Waals surface area contributed by atoms with E-state index in [0.29, 0.717) is 0 Å². The van der Waals surface area contributed by atoms with Crippen LogP contribution in [0.15, 0.2) is 34.7 Å². The SMILES string of the molecule is C[C@]12CC3=C(C=C1CCC1C[C@H](C(F)(F)F)CC=C12)N3. The van der Waals surface area contributed by atoms with Crippen molar-refractivity contribution >= 4 is 0 Å². The molecule has 3 atom stereocenters. The molecule has 1 nitrogen and oxygen atoms in total. The van der Waals surface area contributed by atoms with Crippen LogP contribution in [0.2, 0.25) is 0 Å². The molecule has 1 saturated carbocycles. The lowest BCUT2D eigenvalue weighted by molar-refractivity contribution is -0.179. The fourth-order valence-corrected chi connectivity index (χ4v) is 4.38. The van der Waals surface area contributed by atoms with Crippen molar-refractivity contribution in [1.29, 1.82) is 0 Å². The summed E-state index contributed by atoms with van der Waals surface area (Å²) in [7, 11) is 0. The first-order valence-electron chi connectivity index (χ1n) is 7.36. The van der Waals surface area contributed by atoms with Gasteiger partial charge in [-0.25, -0.2) is 0 Å². The molecule has 4 heteroatoms. The molecule has 0 spiro atoms. The quantitative estimate of drug-likeness (QED) is 0.651. The maximum absolute atomic E-state index is 12.9. The first-order valence-corrected chi connectivity index (χ1v) is 7.36. The van der Waals surface area contributed by atoms with Crippen LogP contribution >= 0.6 is 0 Å². The van der Waals surface area contributed by atoms with Crippen molar-refractivity contribution in [2.45, 2.75) is 45.2 Å². The van der Waals surface area contributed by atoms with E-state index < -0.39 is 12.1 Å². The zero-order valence-corrected chi connectivity index (χ0v) is 11.5. The molecule has 1 N–H and O–H groups in total. The number of hydrogen-bond donors (Lipinski definition) is 1. The molecular weight excluding hydrogens is 263 g/mol. The van der Waals surface area contributed by atoms with Crippen LogP contribution in [0.4, 0.5) is 13.2 Å². The predicted molar refractivity (Wildman–Crippen MR) is 70.6 cm³/mol. The van der Waals surface area contributed by atoms with E-state index in [0.717, 1.165) is 19.3 Å². The number of allylic oxidation sites excluding steroid dienone is 5. The van der Waals surface area contributed by atoms with Gasteiger partial charge in [0.1, 0.15) is 0 Å². The van der Waals surface area contributed by atoms with Crippen molar-refractivity contribution in [3.8, 4) is 0 Å². The van der Waals surface area contributed by atoms with Crippen molar-refractivity contribution in [2.24, 2.45) is 17.3 Å². The zero-order chi connectivity index (χ0) is 14.1. The predicted octanol–water partition coefficient (Wildman–Crippen LogP) is 4.45. The third-order valence-corrected chi connectivity index (χ3v) is 5.60. The van der Waals surface area contributed by atoms with Gasteiger partial charge in [0.2, 0.25) is 0 Å². The van der Waals surface area contributed by atoms with Crippen LogP contribution < -0.4 is 5.32 Å². The summed E-state index contributed by atoms with van der Waals surface area (Å²) in [6.45, 7) is 2.22. The van der Waals surface area contributed by atoms with Crippen LogP contribution in [-0.4, -0.2) is 6.18 Å². The highest BCUT2D eigenvalue weighted by Crippen LogP contribution is 2.58. The van der Waals surface area contributed by atoms with Crippen LogP contribution in [0.1, 0.15) is 39.0 Å². The number of hydrogen-bond acceptors (Lipinski definition) is 1. The number of nitrogens with one attached hydrogen (secondary N) is 1. The highest BCUT2D eigenvalue weighted by atomic mass is 19.4. The van der Waals surface area contributed by atoms with Gasteiger partial charge in [0, 0.05) is 17.5 Å². The summed E-state index contributed by atoms with van der Waals surface area (Å²) in [5.74, 6) is -1.01. The third-order valence-electron chi connectivity index (χ3n) is 5.60. The first-order chi connectivity index (χ1) is 9.38. The average molecular weight is 281 g/mol. The van der Waals surface area contributed by atoms with Gasteiger partial charge in [0.15, 0.2) is 0 Å². The molecule has 0 aromatic heterocycles. The molecule has 1 fully saturated rings. The Morgan fingerprint density at radius 1 is 1.35 bits per heavy atom. The van der Waals surface area contributed by atoms with Crippen LogP contribution in [0.5, 0.6) is 0 Å².